The Kier molecular flexibility index (Phi) is 2.48. The van der Waals surface area contributed by atoms with E-state index in [2.05, 4.69) is 4.98 Å². The third-order valence-electron chi connectivity index (χ3n) is 3.34. The zero-order chi connectivity index (χ0) is 11.8. The predicted molar refractivity (Wildman–Crippen MR) is 62.4 cm³/mol. The molecule has 5 nitrogen and oxygen atoms in total. The molecule has 3 rings (SSSR count). The summed E-state index contributed by atoms with van der Waals surface area (Å²) in [6.07, 6.45) is 4.06. The van der Waals surface area contributed by atoms with Crippen molar-refractivity contribution in [3.05, 3.63) is 24.0 Å². The van der Waals surface area contributed by atoms with E-state index in [0.717, 1.165) is 12.8 Å². The van der Waals surface area contributed by atoms with Gasteiger partial charge in [0.1, 0.15) is 5.69 Å². The van der Waals surface area contributed by atoms with E-state index in [9.17, 15) is 4.79 Å². The summed E-state index contributed by atoms with van der Waals surface area (Å²) in [6.45, 7) is 1.36. The maximum atomic E-state index is 12.2. The highest BCUT2D eigenvalue weighted by Gasteiger charge is 2.36. The number of nitrogen functional groups attached to an aromatic ring is 1. The minimum atomic E-state index is -0.0230. The standard InChI is InChI=1S/C12H15N3O2/c13-8-1-4-11(14-5-8)12(16)15-6-9-2-3-10(7-15)17-9/h1,4-5,9-10H,2-3,6-7,13H2. The molecule has 2 bridgehead atoms. The SMILES string of the molecule is Nc1ccc(C(=O)N2CC3CCC(C2)O3)nc1. The number of amides is 1. The van der Waals surface area contributed by atoms with Crippen molar-refractivity contribution >= 4 is 11.6 Å². The van der Waals surface area contributed by atoms with Crippen molar-refractivity contribution in [1.82, 2.24) is 9.88 Å². The zero-order valence-electron chi connectivity index (χ0n) is 9.50. The number of rotatable bonds is 1. The maximum Gasteiger partial charge on any atom is 0.272 e. The molecular formula is C12H15N3O2. The number of aromatic nitrogens is 1. The number of carbonyl (C=O) groups excluding carboxylic acids is 1. The number of anilines is 1. The third kappa shape index (κ3) is 1.98. The van der Waals surface area contributed by atoms with Crippen LogP contribution in [0.1, 0.15) is 23.3 Å². The molecule has 90 valence electrons. The molecule has 2 aliphatic heterocycles. The highest BCUT2D eigenvalue weighted by atomic mass is 16.5. The number of fused-ring (bicyclic) bond motifs is 2. The highest BCUT2D eigenvalue weighted by molar-refractivity contribution is 5.92. The van der Waals surface area contributed by atoms with Gasteiger partial charge in [0.05, 0.1) is 24.1 Å². The predicted octanol–water partition coefficient (Wildman–Crippen LogP) is 0.667. The van der Waals surface area contributed by atoms with Crippen LogP contribution in [0.3, 0.4) is 0 Å². The average molecular weight is 233 g/mol. The summed E-state index contributed by atoms with van der Waals surface area (Å²) in [6, 6.07) is 3.38. The molecule has 3 heterocycles. The van der Waals surface area contributed by atoms with Crippen LogP contribution in [0.5, 0.6) is 0 Å². The van der Waals surface area contributed by atoms with Gasteiger partial charge in [-0.05, 0) is 25.0 Å². The van der Waals surface area contributed by atoms with Crippen LogP contribution in [0.4, 0.5) is 5.69 Å². The topological polar surface area (TPSA) is 68.5 Å². The van der Waals surface area contributed by atoms with Gasteiger partial charge in [-0.2, -0.15) is 0 Å². The van der Waals surface area contributed by atoms with Crippen LogP contribution in [-0.2, 0) is 4.74 Å². The molecular weight excluding hydrogens is 218 g/mol. The Balaban J connectivity index is 1.76. The van der Waals surface area contributed by atoms with Crippen molar-refractivity contribution in [2.24, 2.45) is 0 Å². The summed E-state index contributed by atoms with van der Waals surface area (Å²) < 4.78 is 5.70. The van der Waals surface area contributed by atoms with E-state index in [1.807, 2.05) is 4.90 Å². The lowest BCUT2D eigenvalue weighted by molar-refractivity contribution is -0.0305. The summed E-state index contributed by atoms with van der Waals surface area (Å²) in [5, 5.41) is 0. The molecule has 17 heavy (non-hydrogen) atoms. The largest absolute Gasteiger partial charge is 0.397 e. The lowest BCUT2D eigenvalue weighted by atomic mass is 10.2. The Labute approximate surface area is 99.6 Å². The lowest BCUT2D eigenvalue weighted by Gasteiger charge is -2.31. The highest BCUT2D eigenvalue weighted by Crippen LogP contribution is 2.26. The Morgan fingerprint density at radius 1 is 1.35 bits per heavy atom. The van der Waals surface area contributed by atoms with E-state index >= 15 is 0 Å². The van der Waals surface area contributed by atoms with E-state index in [1.54, 1.807) is 12.1 Å². The molecule has 2 unspecified atom stereocenters. The Morgan fingerprint density at radius 3 is 2.65 bits per heavy atom. The Bertz CT molecular complexity index is 420. The second-order valence-electron chi connectivity index (χ2n) is 4.64. The molecule has 0 aromatic carbocycles. The van der Waals surface area contributed by atoms with Gasteiger partial charge in [-0.15, -0.1) is 0 Å². The molecule has 1 amide bonds. The Morgan fingerprint density at radius 2 is 2.06 bits per heavy atom. The van der Waals surface area contributed by atoms with E-state index in [-0.39, 0.29) is 18.1 Å². The van der Waals surface area contributed by atoms with Crippen molar-refractivity contribution in [2.45, 2.75) is 25.0 Å². The van der Waals surface area contributed by atoms with Crippen LogP contribution in [-0.4, -0.2) is 41.1 Å². The average Bonchev–Trinajstić information content (AvgIpc) is 2.68. The van der Waals surface area contributed by atoms with Gasteiger partial charge < -0.3 is 15.4 Å². The van der Waals surface area contributed by atoms with Crippen molar-refractivity contribution in [3.63, 3.8) is 0 Å². The van der Waals surface area contributed by atoms with Crippen LogP contribution in [0.2, 0.25) is 0 Å². The van der Waals surface area contributed by atoms with Gasteiger partial charge in [0.25, 0.3) is 5.91 Å². The number of likely N-dealkylation sites (tertiary alicyclic amines) is 1. The summed E-state index contributed by atoms with van der Waals surface area (Å²) in [5.74, 6) is -0.0230. The van der Waals surface area contributed by atoms with Gasteiger partial charge in [-0.1, -0.05) is 0 Å². The number of ether oxygens (including phenoxy) is 1. The molecule has 0 aliphatic carbocycles. The molecule has 0 radical (unpaired) electrons. The first-order valence-corrected chi connectivity index (χ1v) is 5.88. The third-order valence-corrected chi connectivity index (χ3v) is 3.34. The van der Waals surface area contributed by atoms with Crippen LogP contribution >= 0.6 is 0 Å². The van der Waals surface area contributed by atoms with Crippen molar-refractivity contribution in [2.75, 3.05) is 18.8 Å². The molecule has 1 aromatic heterocycles. The normalized spacial score (nSPS) is 27.2. The minimum Gasteiger partial charge on any atom is -0.397 e. The van der Waals surface area contributed by atoms with Crippen molar-refractivity contribution < 1.29 is 9.53 Å². The first-order chi connectivity index (χ1) is 8.22. The lowest BCUT2D eigenvalue weighted by Crippen LogP contribution is -2.46. The van der Waals surface area contributed by atoms with Crippen LogP contribution in [0, 0.1) is 0 Å². The fourth-order valence-electron chi connectivity index (χ4n) is 2.47. The number of pyridine rings is 1. The Hall–Kier alpha value is -1.62. The van der Waals surface area contributed by atoms with Gasteiger partial charge in [0, 0.05) is 13.1 Å². The number of morpholine rings is 1. The molecule has 2 fully saturated rings. The molecule has 2 saturated heterocycles. The van der Waals surface area contributed by atoms with E-state index in [4.69, 9.17) is 10.5 Å². The van der Waals surface area contributed by atoms with Gasteiger partial charge in [0.15, 0.2) is 0 Å². The van der Waals surface area contributed by atoms with Gasteiger partial charge in [-0.25, -0.2) is 4.98 Å². The van der Waals surface area contributed by atoms with Crippen molar-refractivity contribution in [1.29, 1.82) is 0 Å². The summed E-state index contributed by atoms with van der Waals surface area (Å²) in [4.78, 5) is 18.1. The van der Waals surface area contributed by atoms with Gasteiger partial charge >= 0.3 is 0 Å². The van der Waals surface area contributed by atoms with Crippen LogP contribution in [0.15, 0.2) is 18.3 Å². The molecule has 2 aliphatic rings. The summed E-state index contributed by atoms with van der Waals surface area (Å²) in [7, 11) is 0. The van der Waals surface area contributed by atoms with Crippen LogP contribution < -0.4 is 5.73 Å². The smallest absolute Gasteiger partial charge is 0.272 e. The van der Waals surface area contributed by atoms with E-state index in [0.29, 0.717) is 24.5 Å². The second kappa shape index (κ2) is 4.00. The molecule has 0 spiro atoms. The number of nitrogens with zero attached hydrogens (tertiary/aromatic N) is 2. The molecule has 1 aromatic rings. The molecule has 5 heteroatoms. The number of carbonyl (C=O) groups is 1. The monoisotopic (exact) mass is 233 g/mol. The van der Waals surface area contributed by atoms with Crippen LogP contribution in [0.25, 0.3) is 0 Å². The zero-order valence-corrected chi connectivity index (χ0v) is 9.50. The quantitative estimate of drug-likeness (QED) is 0.774. The fraction of sp³-hybridized carbons (Fsp3) is 0.500. The molecule has 0 saturated carbocycles. The molecule has 2 atom stereocenters. The number of hydrogen-bond donors (Lipinski definition) is 1. The van der Waals surface area contributed by atoms with Gasteiger partial charge in [-0.3, -0.25) is 4.79 Å². The maximum absolute atomic E-state index is 12.2. The summed E-state index contributed by atoms with van der Waals surface area (Å²) >= 11 is 0. The number of hydrogen-bond acceptors (Lipinski definition) is 4. The minimum absolute atomic E-state index is 0.0230. The number of nitrogens with two attached hydrogens (primary N) is 1. The van der Waals surface area contributed by atoms with Crippen molar-refractivity contribution in [3.8, 4) is 0 Å². The molecule has 2 N–H and O–H groups in total. The first kappa shape index (κ1) is 10.5. The fourth-order valence-corrected chi connectivity index (χ4v) is 2.47. The first-order valence-electron chi connectivity index (χ1n) is 5.88. The van der Waals surface area contributed by atoms with Gasteiger partial charge in [0.2, 0.25) is 0 Å². The second-order valence-corrected chi connectivity index (χ2v) is 4.64. The van der Waals surface area contributed by atoms with E-state index < -0.39 is 0 Å². The van der Waals surface area contributed by atoms with E-state index in [1.165, 1.54) is 6.20 Å². The summed E-state index contributed by atoms with van der Waals surface area (Å²) in [5.41, 5.74) is 6.58.